The molecule has 0 radical (unpaired) electrons. The number of benzene rings is 1. The summed E-state index contributed by atoms with van der Waals surface area (Å²) in [6.07, 6.45) is 3.41. The smallest absolute Gasteiger partial charge is 0.215 e. The lowest BCUT2D eigenvalue weighted by Crippen LogP contribution is -2.40. The maximum atomic E-state index is 12.6. The number of sulfonamides is 1. The maximum Gasteiger partial charge on any atom is 0.215 e. The van der Waals surface area contributed by atoms with Crippen molar-refractivity contribution in [1.29, 1.82) is 0 Å². The van der Waals surface area contributed by atoms with Gasteiger partial charge in [-0.1, -0.05) is 24.3 Å². The van der Waals surface area contributed by atoms with Crippen molar-refractivity contribution in [1.82, 2.24) is 4.72 Å². The fraction of sp³-hybridized carbons (Fsp3) is 0.625. The predicted octanol–water partition coefficient (Wildman–Crippen LogP) is 2.54. The quantitative estimate of drug-likeness (QED) is 0.909. The Kier molecular flexibility index (Phi) is 4.33. The van der Waals surface area contributed by atoms with Gasteiger partial charge in [-0.2, -0.15) is 0 Å². The van der Waals surface area contributed by atoms with Crippen LogP contribution in [0.2, 0.25) is 0 Å². The van der Waals surface area contributed by atoms with Crippen LogP contribution >= 0.6 is 0 Å². The molecule has 21 heavy (non-hydrogen) atoms. The van der Waals surface area contributed by atoms with Crippen LogP contribution in [-0.4, -0.2) is 26.9 Å². The molecule has 0 aromatic heterocycles. The molecular weight excluding hydrogens is 286 g/mol. The number of nitrogens with one attached hydrogen (secondary N) is 1. The van der Waals surface area contributed by atoms with E-state index in [9.17, 15) is 8.42 Å². The van der Waals surface area contributed by atoms with Gasteiger partial charge in [0.15, 0.2) is 0 Å². The Morgan fingerprint density at radius 2 is 1.81 bits per heavy atom. The molecule has 1 atom stereocenters. The van der Waals surface area contributed by atoms with Crippen molar-refractivity contribution in [2.75, 3.05) is 13.2 Å². The molecule has 116 valence electrons. The van der Waals surface area contributed by atoms with E-state index in [1.807, 2.05) is 31.2 Å². The van der Waals surface area contributed by atoms with Crippen molar-refractivity contribution < 1.29 is 13.2 Å². The lowest BCUT2D eigenvalue weighted by atomic mass is 9.99. The number of rotatable bonds is 5. The molecule has 3 rings (SSSR count). The topological polar surface area (TPSA) is 55.4 Å². The van der Waals surface area contributed by atoms with Crippen molar-refractivity contribution in [2.24, 2.45) is 5.92 Å². The van der Waals surface area contributed by atoms with Gasteiger partial charge in [-0.3, -0.25) is 0 Å². The maximum absolute atomic E-state index is 12.6. The zero-order valence-electron chi connectivity index (χ0n) is 12.4. The normalized spacial score (nSPS) is 22.1. The molecule has 1 aromatic rings. The molecule has 2 aliphatic rings. The van der Waals surface area contributed by atoms with E-state index in [2.05, 4.69) is 4.72 Å². The average molecular weight is 309 g/mol. The second kappa shape index (κ2) is 6.07. The monoisotopic (exact) mass is 309 g/mol. The van der Waals surface area contributed by atoms with E-state index >= 15 is 0 Å². The summed E-state index contributed by atoms with van der Waals surface area (Å²) in [5.74, 6) is 0.445. The molecule has 1 saturated carbocycles. The van der Waals surface area contributed by atoms with Gasteiger partial charge in [0.2, 0.25) is 10.0 Å². The third-order valence-corrected chi connectivity index (χ3v) is 6.45. The zero-order chi connectivity index (χ0) is 14.9. The summed E-state index contributed by atoms with van der Waals surface area (Å²) in [7, 11) is -3.28. The molecule has 1 N–H and O–H groups in total. The molecule has 5 heteroatoms. The molecule has 1 aliphatic heterocycles. The number of aryl methyl sites for hydroxylation is 1. The van der Waals surface area contributed by atoms with Crippen LogP contribution in [0.5, 0.6) is 0 Å². The molecule has 1 aliphatic carbocycles. The second-order valence-electron chi connectivity index (χ2n) is 6.15. The van der Waals surface area contributed by atoms with Crippen LogP contribution in [0, 0.1) is 12.8 Å². The first-order valence-corrected chi connectivity index (χ1v) is 9.27. The summed E-state index contributed by atoms with van der Waals surface area (Å²) in [4.78, 5) is 0. The van der Waals surface area contributed by atoms with E-state index in [-0.39, 0.29) is 11.3 Å². The Labute approximate surface area is 126 Å². The Hall–Kier alpha value is -0.910. The van der Waals surface area contributed by atoms with Gasteiger partial charge in [-0.05, 0) is 49.7 Å². The van der Waals surface area contributed by atoms with E-state index in [1.54, 1.807) is 0 Å². The SMILES string of the molecule is Cc1ccccc1[C@@H](NS(=O)(=O)C1CCOCC1)C1CC1. The van der Waals surface area contributed by atoms with Gasteiger partial charge < -0.3 is 4.74 Å². The highest BCUT2D eigenvalue weighted by Crippen LogP contribution is 2.42. The van der Waals surface area contributed by atoms with Crippen molar-refractivity contribution >= 4 is 10.0 Å². The second-order valence-corrected chi connectivity index (χ2v) is 8.14. The molecule has 0 amide bonds. The minimum absolute atomic E-state index is 0.0703. The van der Waals surface area contributed by atoms with Crippen molar-refractivity contribution in [2.45, 2.75) is 43.9 Å². The number of hydrogen-bond donors (Lipinski definition) is 1. The van der Waals surface area contributed by atoms with Crippen LogP contribution in [0.25, 0.3) is 0 Å². The molecule has 0 bridgehead atoms. The van der Waals surface area contributed by atoms with Gasteiger partial charge in [-0.25, -0.2) is 13.1 Å². The van der Waals surface area contributed by atoms with E-state index in [1.165, 1.54) is 0 Å². The first kappa shape index (κ1) is 15.0. The van der Waals surface area contributed by atoms with Crippen LogP contribution in [0.15, 0.2) is 24.3 Å². The first-order valence-electron chi connectivity index (χ1n) is 7.72. The average Bonchev–Trinajstić information content (AvgIpc) is 3.31. The Morgan fingerprint density at radius 3 is 2.43 bits per heavy atom. The number of hydrogen-bond acceptors (Lipinski definition) is 3. The standard InChI is InChI=1S/C16H23NO3S/c1-12-4-2-3-5-15(12)16(13-6-7-13)17-21(18,19)14-8-10-20-11-9-14/h2-5,13-14,16-17H,6-11H2,1H3/t16-/m0/s1. The summed E-state index contributed by atoms with van der Waals surface area (Å²) >= 11 is 0. The van der Waals surface area contributed by atoms with E-state index in [0.717, 1.165) is 24.0 Å². The van der Waals surface area contributed by atoms with Crippen molar-refractivity contribution in [3.63, 3.8) is 0 Å². The summed E-state index contributed by atoms with van der Waals surface area (Å²) in [6.45, 7) is 3.14. The fourth-order valence-electron chi connectivity index (χ4n) is 3.04. The molecule has 1 saturated heterocycles. The van der Waals surface area contributed by atoms with Crippen molar-refractivity contribution in [3.8, 4) is 0 Å². The summed E-state index contributed by atoms with van der Waals surface area (Å²) in [5, 5.41) is -0.309. The van der Waals surface area contributed by atoms with Gasteiger partial charge in [0, 0.05) is 19.3 Å². The highest BCUT2D eigenvalue weighted by atomic mass is 32.2. The molecule has 4 nitrogen and oxygen atoms in total. The Morgan fingerprint density at radius 1 is 1.14 bits per heavy atom. The Balaban J connectivity index is 1.81. The molecule has 0 spiro atoms. The minimum Gasteiger partial charge on any atom is -0.381 e. The summed E-state index contributed by atoms with van der Waals surface area (Å²) in [6, 6.07) is 8.01. The molecule has 2 fully saturated rings. The van der Waals surface area contributed by atoms with Crippen LogP contribution in [0.1, 0.15) is 42.9 Å². The van der Waals surface area contributed by atoms with Gasteiger partial charge in [0.25, 0.3) is 0 Å². The lowest BCUT2D eigenvalue weighted by molar-refractivity contribution is 0.0980. The first-order chi connectivity index (χ1) is 10.1. The number of ether oxygens (including phenoxy) is 1. The fourth-order valence-corrected chi connectivity index (χ4v) is 4.72. The molecule has 1 aromatic carbocycles. The van der Waals surface area contributed by atoms with Crippen LogP contribution < -0.4 is 4.72 Å². The van der Waals surface area contributed by atoms with Gasteiger partial charge >= 0.3 is 0 Å². The predicted molar refractivity (Wildman–Crippen MR) is 82.5 cm³/mol. The minimum atomic E-state index is -3.28. The van der Waals surface area contributed by atoms with Gasteiger partial charge in [-0.15, -0.1) is 0 Å². The van der Waals surface area contributed by atoms with Crippen LogP contribution in [0.4, 0.5) is 0 Å². The largest absolute Gasteiger partial charge is 0.381 e. The Bertz CT molecular complexity index is 589. The van der Waals surface area contributed by atoms with Crippen LogP contribution in [0.3, 0.4) is 0 Å². The van der Waals surface area contributed by atoms with Gasteiger partial charge in [0.1, 0.15) is 0 Å². The highest BCUT2D eigenvalue weighted by molar-refractivity contribution is 7.90. The molecule has 0 unspecified atom stereocenters. The highest BCUT2D eigenvalue weighted by Gasteiger charge is 2.38. The van der Waals surface area contributed by atoms with E-state index < -0.39 is 10.0 Å². The molecular formula is C16H23NO3S. The summed E-state index contributed by atoms with van der Waals surface area (Å²) in [5.41, 5.74) is 2.28. The third-order valence-electron chi connectivity index (χ3n) is 4.52. The van der Waals surface area contributed by atoms with Gasteiger partial charge in [0.05, 0.1) is 5.25 Å². The third kappa shape index (κ3) is 3.47. The van der Waals surface area contributed by atoms with E-state index in [4.69, 9.17) is 4.74 Å². The molecule has 1 heterocycles. The van der Waals surface area contributed by atoms with Crippen LogP contribution in [-0.2, 0) is 14.8 Å². The van der Waals surface area contributed by atoms with E-state index in [0.29, 0.717) is 32.0 Å². The van der Waals surface area contributed by atoms with Crippen molar-refractivity contribution in [3.05, 3.63) is 35.4 Å². The zero-order valence-corrected chi connectivity index (χ0v) is 13.2. The lowest BCUT2D eigenvalue weighted by Gasteiger charge is -2.27. The summed E-state index contributed by atoms with van der Waals surface area (Å²) < 4.78 is 33.6.